The van der Waals surface area contributed by atoms with Crippen molar-refractivity contribution < 1.29 is 9.47 Å². The predicted molar refractivity (Wildman–Crippen MR) is 86.6 cm³/mol. The van der Waals surface area contributed by atoms with Gasteiger partial charge in [-0.05, 0) is 55.7 Å². The van der Waals surface area contributed by atoms with E-state index >= 15 is 0 Å². The van der Waals surface area contributed by atoms with E-state index in [4.69, 9.17) is 9.47 Å². The quantitative estimate of drug-likeness (QED) is 0.635. The Labute approximate surface area is 135 Å². The molecule has 0 amide bonds. The molecule has 2 nitrogen and oxygen atoms in total. The fourth-order valence-corrected chi connectivity index (χ4v) is 2.70. The third kappa shape index (κ3) is 3.36. The summed E-state index contributed by atoms with van der Waals surface area (Å²) < 4.78 is 13.9. The number of benzene rings is 2. The normalized spacial score (nSPS) is 14.7. The van der Waals surface area contributed by atoms with Crippen LogP contribution in [-0.4, -0.2) is 6.10 Å². The summed E-state index contributed by atoms with van der Waals surface area (Å²) >= 11 is 6.93. The van der Waals surface area contributed by atoms with E-state index in [0.29, 0.717) is 6.10 Å². The Balaban J connectivity index is 1.83. The summed E-state index contributed by atoms with van der Waals surface area (Å²) in [6, 6.07) is 13.6. The Kier molecular flexibility index (Phi) is 4.32. The molecule has 0 saturated heterocycles. The third-order valence-corrected chi connectivity index (χ3v) is 4.26. The highest BCUT2D eigenvalue weighted by atomic mass is 79.9. The highest BCUT2D eigenvalue weighted by molar-refractivity contribution is 9.10. The monoisotopic (exact) mass is 396 g/mol. The van der Waals surface area contributed by atoms with Crippen LogP contribution in [0.15, 0.2) is 51.4 Å². The number of rotatable bonds is 4. The molecule has 1 aliphatic rings. The van der Waals surface area contributed by atoms with Crippen molar-refractivity contribution in [1.29, 1.82) is 0 Å². The zero-order valence-corrected chi connectivity index (χ0v) is 14.0. The molecule has 0 radical (unpaired) electrons. The van der Waals surface area contributed by atoms with Crippen LogP contribution in [0.4, 0.5) is 0 Å². The van der Waals surface area contributed by atoms with E-state index in [1.165, 1.54) is 6.42 Å². The van der Waals surface area contributed by atoms with Gasteiger partial charge in [0.1, 0.15) is 5.75 Å². The molecule has 104 valence electrons. The maximum absolute atomic E-state index is 6.00. The number of hydrogen-bond donors (Lipinski definition) is 0. The van der Waals surface area contributed by atoms with Crippen LogP contribution in [0.1, 0.15) is 19.3 Å². The van der Waals surface area contributed by atoms with E-state index in [9.17, 15) is 0 Å². The molecule has 3 rings (SSSR count). The van der Waals surface area contributed by atoms with Gasteiger partial charge in [0.25, 0.3) is 0 Å². The van der Waals surface area contributed by atoms with E-state index in [2.05, 4.69) is 31.9 Å². The fourth-order valence-electron chi connectivity index (χ4n) is 1.98. The molecule has 2 aromatic rings. The largest absolute Gasteiger partial charge is 0.486 e. The van der Waals surface area contributed by atoms with Crippen LogP contribution in [0.25, 0.3) is 0 Å². The van der Waals surface area contributed by atoms with Crippen molar-refractivity contribution in [3.8, 4) is 17.2 Å². The molecule has 0 heterocycles. The van der Waals surface area contributed by atoms with Crippen molar-refractivity contribution in [3.05, 3.63) is 51.4 Å². The second-order valence-electron chi connectivity index (χ2n) is 4.82. The van der Waals surface area contributed by atoms with Crippen molar-refractivity contribution in [3.63, 3.8) is 0 Å². The van der Waals surface area contributed by atoms with Gasteiger partial charge >= 0.3 is 0 Å². The zero-order chi connectivity index (χ0) is 13.9. The molecular formula is C16H14Br2O2. The molecule has 0 spiro atoms. The minimum Gasteiger partial charge on any atom is -0.486 e. The first kappa shape index (κ1) is 14.0. The first-order valence-electron chi connectivity index (χ1n) is 6.60. The maximum Gasteiger partial charge on any atom is 0.169 e. The minimum absolute atomic E-state index is 0.328. The summed E-state index contributed by atoms with van der Waals surface area (Å²) in [5.41, 5.74) is 0. The molecule has 0 bridgehead atoms. The molecule has 20 heavy (non-hydrogen) atoms. The molecule has 0 aliphatic heterocycles. The van der Waals surface area contributed by atoms with Gasteiger partial charge < -0.3 is 9.47 Å². The zero-order valence-electron chi connectivity index (χ0n) is 10.8. The Hall–Kier alpha value is -1.00. The molecule has 1 aliphatic carbocycles. The molecular weight excluding hydrogens is 384 g/mol. The van der Waals surface area contributed by atoms with Crippen LogP contribution in [0.3, 0.4) is 0 Å². The second-order valence-corrected chi connectivity index (χ2v) is 6.65. The Morgan fingerprint density at radius 2 is 1.70 bits per heavy atom. The van der Waals surface area contributed by atoms with E-state index < -0.39 is 0 Å². The summed E-state index contributed by atoms with van der Waals surface area (Å²) in [6.07, 6.45) is 3.83. The first-order chi connectivity index (χ1) is 9.70. The van der Waals surface area contributed by atoms with Gasteiger partial charge in [-0.15, -0.1) is 0 Å². The smallest absolute Gasteiger partial charge is 0.169 e. The SMILES string of the molecule is Brc1cccc(Oc2ccc(Br)cc2OC2CCC2)c1. The van der Waals surface area contributed by atoms with Crippen molar-refractivity contribution >= 4 is 31.9 Å². The Morgan fingerprint density at radius 1 is 0.900 bits per heavy atom. The maximum atomic E-state index is 6.00. The molecule has 4 heteroatoms. The summed E-state index contributed by atoms with van der Waals surface area (Å²) in [7, 11) is 0. The second kappa shape index (κ2) is 6.19. The highest BCUT2D eigenvalue weighted by Gasteiger charge is 2.21. The number of ether oxygens (including phenoxy) is 2. The van der Waals surface area contributed by atoms with E-state index in [1.54, 1.807) is 0 Å². The van der Waals surface area contributed by atoms with Gasteiger partial charge in [0, 0.05) is 8.95 Å². The summed E-state index contributed by atoms with van der Waals surface area (Å²) in [4.78, 5) is 0. The lowest BCUT2D eigenvalue weighted by molar-refractivity contribution is 0.117. The average molecular weight is 398 g/mol. The van der Waals surface area contributed by atoms with Gasteiger partial charge in [-0.3, -0.25) is 0 Å². The lowest BCUT2D eigenvalue weighted by Gasteiger charge is -2.27. The van der Waals surface area contributed by atoms with Gasteiger partial charge in [-0.25, -0.2) is 0 Å². The summed E-state index contributed by atoms with van der Waals surface area (Å²) in [5, 5.41) is 0. The van der Waals surface area contributed by atoms with E-state index in [0.717, 1.165) is 39.0 Å². The van der Waals surface area contributed by atoms with Crippen LogP contribution in [-0.2, 0) is 0 Å². The van der Waals surface area contributed by atoms with Crippen LogP contribution in [0.2, 0.25) is 0 Å². The van der Waals surface area contributed by atoms with Crippen LogP contribution in [0.5, 0.6) is 17.2 Å². The Morgan fingerprint density at radius 3 is 2.40 bits per heavy atom. The molecule has 0 unspecified atom stereocenters. The van der Waals surface area contributed by atoms with Gasteiger partial charge in [-0.2, -0.15) is 0 Å². The van der Waals surface area contributed by atoms with Gasteiger partial charge in [-0.1, -0.05) is 37.9 Å². The molecule has 0 aromatic heterocycles. The molecule has 1 fully saturated rings. The Bertz CT molecular complexity index is 609. The van der Waals surface area contributed by atoms with E-state index in [1.807, 2.05) is 42.5 Å². The minimum atomic E-state index is 0.328. The van der Waals surface area contributed by atoms with Gasteiger partial charge in [0.05, 0.1) is 6.10 Å². The molecule has 1 saturated carbocycles. The summed E-state index contributed by atoms with van der Waals surface area (Å²) in [6.45, 7) is 0. The van der Waals surface area contributed by atoms with Crippen LogP contribution >= 0.6 is 31.9 Å². The first-order valence-corrected chi connectivity index (χ1v) is 8.19. The fraction of sp³-hybridized carbons (Fsp3) is 0.250. The predicted octanol–water partition coefficient (Wildman–Crippen LogP) is 5.94. The number of hydrogen-bond acceptors (Lipinski definition) is 2. The molecule has 0 N–H and O–H groups in total. The standard InChI is InChI=1S/C16H14Br2O2/c17-11-3-1-6-14(9-11)20-15-8-7-12(18)10-16(15)19-13-4-2-5-13/h1,3,6-10,13H,2,4-5H2. The van der Waals surface area contributed by atoms with Crippen LogP contribution < -0.4 is 9.47 Å². The molecule has 0 atom stereocenters. The van der Waals surface area contributed by atoms with E-state index in [-0.39, 0.29) is 0 Å². The average Bonchev–Trinajstić information content (AvgIpc) is 2.37. The number of halogens is 2. The van der Waals surface area contributed by atoms with Gasteiger partial charge in [0.15, 0.2) is 11.5 Å². The van der Waals surface area contributed by atoms with Crippen molar-refractivity contribution in [2.75, 3.05) is 0 Å². The molecule has 2 aromatic carbocycles. The van der Waals surface area contributed by atoms with Crippen molar-refractivity contribution in [2.24, 2.45) is 0 Å². The van der Waals surface area contributed by atoms with Crippen molar-refractivity contribution in [1.82, 2.24) is 0 Å². The summed E-state index contributed by atoms with van der Waals surface area (Å²) in [5.74, 6) is 2.34. The topological polar surface area (TPSA) is 18.5 Å². The third-order valence-electron chi connectivity index (χ3n) is 3.28. The highest BCUT2D eigenvalue weighted by Crippen LogP contribution is 2.37. The lowest BCUT2D eigenvalue weighted by atomic mass is 9.96. The van der Waals surface area contributed by atoms with Crippen LogP contribution in [0, 0.1) is 0 Å². The lowest BCUT2D eigenvalue weighted by Crippen LogP contribution is -2.24. The van der Waals surface area contributed by atoms with Crippen molar-refractivity contribution in [2.45, 2.75) is 25.4 Å². The van der Waals surface area contributed by atoms with Gasteiger partial charge in [0.2, 0.25) is 0 Å².